The van der Waals surface area contributed by atoms with Crippen LogP contribution >= 0.6 is 15.9 Å². The van der Waals surface area contributed by atoms with Crippen LogP contribution in [0.25, 0.3) is 22.3 Å². The lowest BCUT2D eigenvalue weighted by Gasteiger charge is -2.08. The van der Waals surface area contributed by atoms with E-state index in [1.165, 1.54) is 61.1 Å². The molecule has 7 heteroatoms. The number of nitriles is 2. The third kappa shape index (κ3) is 16.9. The maximum Gasteiger partial charge on any atom is 0.123 e. The van der Waals surface area contributed by atoms with Crippen LogP contribution in [0.5, 0.6) is 11.5 Å². The van der Waals surface area contributed by atoms with Gasteiger partial charge in [-0.1, -0.05) is 114 Å². The van der Waals surface area contributed by atoms with Gasteiger partial charge in [0.2, 0.25) is 0 Å². The molecule has 1 N–H and O–H groups in total. The highest BCUT2D eigenvalue weighted by Gasteiger charge is 2.02. The molecule has 0 unspecified atom stereocenters. The fraction of sp³-hybridized carbons (Fsp3) is 0.240. The average Bonchev–Trinajstić information content (AvgIpc) is 3.25. The number of unbranched alkanes of at least 4 members (excludes halogenated alkanes) is 6. The summed E-state index contributed by atoms with van der Waals surface area (Å²) in [5.74, 6) is 0.794. The zero-order valence-electron chi connectivity index (χ0n) is 32.2. The molecule has 0 heterocycles. The molecule has 0 aliphatic rings. The molecule has 6 aromatic carbocycles. The number of aryl methyl sites for hydroxylation is 2. The number of hydrogen-bond donors (Lipinski definition) is 1. The number of phenols is 1. The van der Waals surface area contributed by atoms with Crippen molar-refractivity contribution < 1.29 is 18.6 Å². The molecule has 0 amide bonds. The number of ether oxygens (including phenoxy) is 1. The molecule has 6 rings (SSSR count). The average molecular weight is 828 g/mol. The topological polar surface area (TPSA) is 77.0 Å². The van der Waals surface area contributed by atoms with Crippen LogP contribution in [0, 0.1) is 34.3 Å². The molecule has 0 saturated carbocycles. The molecule has 0 spiro atoms. The Morgan fingerprint density at radius 2 is 0.947 bits per heavy atom. The predicted molar refractivity (Wildman–Crippen MR) is 231 cm³/mol. The lowest BCUT2D eigenvalue weighted by atomic mass is 10.0. The minimum Gasteiger partial charge on any atom is -0.508 e. The molecule has 57 heavy (non-hydrogen) atoms. The van der Waals surface area contributed by atoms with Gasteiger partial charge in [-0.3, -0.25) is 0 Å². The molecule has 292 valence electrons. The number of benzene rings is 6. The smallest absolute Gasteiger partial charge is 0.123 e. The second kappa shape index (κ2) is 25.4. The molecular weight excluding hydrogens is 778 g/mol. The largest absolute Gasteiger partial charge is 0.508 e. The SMILES string of the molecule is Fc1ccc(CCCCCCBr)cc1.N#Cc1ccc(-c2cccc(O)c2)cc1.N#Cc1ccc(-c2cccc(OCCCCCCc3ccc(F)cc3)c2)cc1. The Bertz CT molecular complexity index is 2120. The number of rotatable bonds is 16. The van der Waals surface area contributed by atoms with Crippen molar-refractivity contribution in [2.75, 3.05) is 11.9 Å². The van der Waals surface area contributed by atoms with Gasteiger partial charge in [0.15, 0.2) is 0 Å². The van der Waals surface area contributed by atoms with Gasteiger partial charge in [-0.15, -0.1) is 0 Å². The summed E-state index contributed by atoms with van der Waals surface area (Å²) in [5.41, 5.74) is 7.83. The second-order valence-electron chi connectivity index (χ2n) is 13.6. The number of phenolic OH excluding ortho intramolecular Hbond substituents is 1. The van der Waals surface area contributed by atoms with E-state index in [0.29, 0.717) is 17.7 Å². The quantitative estimate of drug-likeness (QED) is 0.0779. The van der Waals surface area contributed by atoms with Crippen molar-refractivity contribution in [3.8, 4) is 45.9 Å². The van der Waals surface area contributed by atoms with Gasteiger partial charge in [-0.25, -0.2) is 8.78 Å². The zero-order valence-corrected chi connectivity index (χ0v) is 33.8. The van der Waals surface area contributed by atoms with E-state index >= 15 is 0 Å². The second-order valence-corrected chi connectivity index (χ2v) is 14.4. The molecule has 0 aliphatic carbocycles. The lowest BCUT2D eigenvalue weighted by Crippen LogP contribution is -1.97. The van der Waals surface area contributed by atoms with Gasteiger partial charge in [0.1, 0.15) is 23.1 Å². The van der Waals surface area contributed by atoms with E-state index in [1.54, 1.807) is 30.3 Å². The van der Waals surface area contributed by atoms with E-state index in [4.69, 9.17) is 15.3 Å². The Labute approximate surface area is 345 Å². The first-order valence-corrected chi connectivity index (χ1v) is 20.6. The van der Waals surface area contributed by atoms with E-state index < -0.39 is 0 Å². The highest BCUT2D eigenvalue weighted by molar-refractivity contribution is 9.09. The summed E-state index contributed by atoms with van der Waals surface area (Å²) >= 11 is 3.41. The summed E-state index contributed by atoms with van der Waals surface area (Å²) in [5, 5.41) is 28.0. The summed E-state index contributed by atoms with van der Waals surface area (Å²) in [6.07, 6.45) is 11.5. The van der Waals surface area contributed by atoms with Crippen molar-refractivity contribution in [1.29, 1.82) is 10.5 Å². The number of aromatic hydroxyl groups is 1. The van der Waals surface area contributed by atoms with Gasteiger partial charge in [-0.2, -0.15) is 10.5 Å². The van der Waals surface area contributed by atoms with Gasteiger partial charge in [0, 0.05) is 5.33 Å². The molecule has 6 aromatic rings. The molecule has 0 atom stereocenters. The van der Waals surface area contributed by atoms with Crippen molar-refractivity contribution in [2.45, 2.75) is 64.2 Å². The summed E-state index contributed by atoms with van der Waals surface area (Å²) in [4.78, 5) is 0. The van der Waals surface area contributed by atoms with Crippen LogP contribution in [0.15, 0.2) is 146 Å². The lowest BCUT2D eigenvalue weighted by molar-refractivity contribution is 0.305. The number of alkyl halides is 1. The fourth-order valence-electron chi connectivity index (χ4n) is 5.98. The van der Waals surface area contributed by atoms with Crippen molar-refractivity contribution in [2.24, 2.45) is 0 Å². The molecule has 0 radical (unpaired) electrons. The van der Waals surface area contributed by atoms with E-state index in [2.05, 4.69) is 28.1 Å². The number of hydrogen-bond acceptors (Lipinski definition) is 4. The molecule has 0 aromatic heterocycles. The Kier molecular flexibility index (Phi) is 19.6. The summed E-state index contributed by atoms with van der Waals surface area (Å²) < 4.78 is 31.3. The van der Waals surface area contributed by atoms with Crippen LogP contribution in [-0.2, 0) is 12.8 Å². The van der Waals surface area contributed by atoms with Crippen molar-refractivity contribution >= 4 is 15.9 Å². The molecule has 0 fully saturated rings. The van der Waals surface area contributed by atoms with Crippen molar-refractivity contribution in [1.82, 2.24) is 0 Å². The fourth-order valence-corrected chi connectivity index (χ4v) is 6.38. The van der Waals surface area contributed by atoms with Crippen LogP contribution in [-0.4, -0.2) is 17.0 Å². The van der Waals surface area contributed by atoms with Crippen LogP contribution < -0.4 is 4.74 Å². The molecule has 0 bridgehead atoms. The third-order valence-corrected chi connectivity index (χ3v) is 9.74. The van der Waals surface area contributed by atoms with Gasteiger partial charge >= 0.3 is 0 Å². The predicted octanol–water partition coefficient (Wildman–Crippen LogP) is 13.8. The standard InChI is InChI=1S/C25H24FNO.C13H9NO.C12H16BrF/c26-24-15-11-20(12-16-24)6-3-1-2-4-17-28-25-8-5-7-23(18-25)22-13-9-21(19-27)10-14-22;14-9-10-4-6-11(7-5-10)12-2-1-3-13(15)8-12;13-10-4-2-1-3-5-11-6-8-12(14)9-7-11/h5,7-16,18H,1-4,6,17H2;1-8,15H;6-9H,1-5,10H2. The summed E-state index contributed by atoms with van der Waals surface area (Å²) in [6, 6.07) is 47.7. The third-order valence-electron chi connectivity index (χ3n) is 9.18. The van der Waals surface area contributed by atoms with Crippen LogP contribution in [0.2, 0.25) is 0 Å². The minimum atomic E-state index is -0.177. The number of halogens is 3. The van der Waals surface area contributed by atoms with Crippen molar-refractivity contribution in [3.05, 3.63) is 179 Å². The molecule has 0 saturated heterocycles. The van der Waals surface area contributed by atoms with Gasteiger partial charge in [0.05, 0.1) is 29.9 Å². The monoisotopic (exact) mass is 826 g/mol. The van der Waals surface area contributed by atoms with E-state index in [9.17, 15) is 13.9 Å². The maximum absolute atomic E-state index is 12.9. The Morgan fingerprint density at radius 3 is 1.42 bits per heavy atom. The van der Waals surface area contributed by atoms with E-state index in [0.717, 1.165) is 71.9 Å². The zero-order chi connectivity index (χ0) is 40.5. The van der Waals surface area contributed by atoms with E-state index in [1.807, 2.05) is 91.0 Å². The Morgan fingerprint density at radius 1 is 0.491 bits per heavy atom. The van der Waals surface area contributed by atoms with Crippen LogP contribution in [0.3, 0.4) is 0 Å². The summed E-state index contributed by atoms with van der Waals surface area (Å²) in [6.45, 7) is 0.702. The normalized spacial score (nSPS) is 10.2. The first-order chi connectivity index (χ1) is 27.9. The first kappa shape index (κ1) is 44.0. The molecule has 0 aliphatic heterocycles. The molecular formula is C50H49BrF2N2O2. The van der Waals surface area contributed by atoms with Gasteiger partial charge in [0.25, 0.3) is 0 Å². The summed E-state index contributed by atoms with van der Waals surface area (Å²) in [7, 11) is 0. The van der Waals surface area contributed by atoms with E-state index in [-0.39, 0.29) is 17.4 Å². The minimum absolute atomic E-state index is 0.145. The van der Waals surface area contributed by atoms with Crippen LogP contribution in [0.4, 0.5) is 8.78 Å². The first-order valence-electron chi connectivity index (χ1n) is 19.4. The van der Waals surface area contributed by atoms with Crippen LogP contribution in [0.1, 0.15) is 73.6 Å². The number of nitrogens with zero attached hydrogens (tertiary/aromatic N) is 2. The Hall–Kier alpha value is -5.76. The maximum atomic E-state index is 12.9. The Balaban J connectivity index is 0.000000209. The highest BCUT2D eigenvalue weighted by Crippen LogP contribution is 2.25. The molecule has 4 nitrogen and oxygen atoms in total. The van der Waals surface area contributed by atoms with Crippen molar-refractivity contribution in [3.63, 3.8) is 0 Å². The van der Waals surface area contributed by atoms with Gasteiger partial charge in [-0.05, 0) is 145 Å². The highest BCUT2D eigenvalue weighted by atomic mass is 79.9. The van der Waals surface area contributed by atoms with Gasteiger partial charge < -0.3 is 9.84 Å².